The predicted octanol–water partition coefficient (Wildman–Crippen LogP) is 6.47. The Labute approximate surface area is 177 Å². The summed E-state index contributed by atoms with van der Waals surface area (Å²) in [6, 6.07) is 11.8. The number of benzene rings is 2. The second-order valence-corrected chi connectivity index (χ2v) is 14.4. The summed E-state index contributed by atoms with van der Waals surface area (Å²) in [6.07, 6.45) is 0. The first-order chi connectivity index (χ1) is 13.0. The van der Waals surface area contributed by atoms with Gasteiger partial charge in [0, 0.05) is 12.1 Å². The van der Waals surface area contributed by atoms with Crippen LogP contribution in [0.3, 0.4) is 0 Å². The van der Waals surface area contributed by atoms with E-state index in [0.29, 0.717) is 11.6 Å². The second kappa shape index (κ2) is 7.79. The van der Waals surface area contributed by atoms with Crippen molar-refractivity contribution in [2.75, 3.05) is 0 Å². The monoisotopic (exact) mass is 435 g/mol. The van der Waals surface area contributed by atoms with Crippen molar-refractivity contribution in [1.82, 2.24) is 15.0 Å². The summed E-state index contributed by atoms with van der Waals surface area (Å²) in [5.74, 6) is 0. The summed E-state index contributed by atoms with van der Waals surface area (Å²) in [6.45, 7) is 11.7. The molecule has 1 aromatic heterocycles. The van der Waals surface area contributed by atoms with E-state index in [1.807, 2.05) is 43.4 Å². The first-order valence-corrected chi connectivity index (χ1v) is 13.1. The van der Waals surface area contributed by atoms with E-state index in [9.17, 15) is 0 Å². The van der Waals surface area contributed by atoms with Gasteiger partial charge in [-0.05, 0) is 59.1 Å². The summed E-state index contributed by atoms with van der Waals surface area (Å²) in [5, 5.41) is 8.72. The smallest absolute Gasteiger partial charge is 0.192 e. The standard InChI is InChI=1S/C21H27Cl2N3OSi/c1-21(2,3)28(5,6)27-13-15-11-16(22)8-9-17(15)20(23)14-7-10-18-19(12-14)26(4)25-24-18/h7-12,20H,13H2,1-6H3. The third-order valence-corrected chi connectivity index (χ3v) is 10.9. The van der Waals surface area contributed by atoms with Crippen molar-refractivity contribution >= 4 is 42.6 Å². The van der Waals surface area contributed by atoms with Crippen molar-refractivity contribution < 1.29 is 4.43 Å². The van der Waals surface area contributed by atoms with E-state index in [-0.39, 0.29) is 10.4 Å². The minimum atomic E-state index is -1.88. The lowest BCUT2D eigenvalue weighted by molar-refractivity contribution is 0.275. The molecule has 0 bridgehead atoms. The van der Waals surface area contributed by atoms with Crippen LogP contribution in [0.5, 0.6) is 0 Å². The molecule has 0 N–H and O–H groups in total. The maximum absolute atomic E-state index is 6.91. The Hall–Kier alpha value is -1.40. The number of hydrogen-bond donors (Lipinski definition) is 0. The highest BCUT2D eigenvalue weighted by Crippen LogP contribution is 2.39. The maximum Gasteiger partial charge on any atom is 0.192 e. The van der Waals surface area contributed by atoms with Gasteiger partial charge in [0.2, 0.25) is 0 Å². The Morgan fingerprint density at radius 2 is 1.86 bits per heavy atom. The lowest BCUT2D eigenvalue weighted by Gasteiger charge is -2.36. The summed E-state index contributed by atoms with van der Waals surface area (Å²) in [7, 11) is -0.00464. The zero-order chi connectivity index (χ0) is 20.7. The fraction of sp³-hybridized carbons (Fsp3) is 0.429. The van der Waals surface area contributed by atoms with Gasteiger partial charge in [-0.25, -0.2) is 4.68 Å². The van der Waals surface area contributed by atoms with Crippen LogP contribution in [-0.4, -0.2) is 23.3 Å². The number of hydrogen-bond acceptors (Lipinski definition) is 3. The molecule has 0 saturated heterocycles. The molecule has 2 aromatic carbocycles. The highest BCUT2D eigenvalue weighted by molar-refractivity contribution is 6.74. The molecule has 1 atom stereocenters. The summed E-state index contributed by atoms with van der Waals surface area (Å²) in [5.41, 5.74) is 4.85. The van der Waals surface area contributed by atoms with Gasteiger partial charge in [-0.15, -0.1) is 16.7 Å². The van der Waals surface area contributed by atoms with E-state index in [0.717, 1.165) is 27.7 Å². The molecule has 0 aliphatic heterocycles. The third kappa shape index (κ3) is 4.28. The van der Waals surface area contributed by atoms with E-state index >= 15 is 0 Å². The summed E-state index contributed by atoms with van der Waals surface area (Å²) < 4.78 is 8.19. The Bertz CT molecular complexity index is 995. The fourth-order valence-electron chi connectivity index (χ4n) is 2.81. The van der Waals surface area contributed by atoms with E-state index in [2.05, 4.69) is 44.2 Å². The molecule has 0 spiro atoms. The third-order valence-electron chi connectivity index (χ3n) is 5.70. The van der Waals surface area contributed by atoms with Crippen molar-refractivity contribution in [3.8, 4) is 0 Å². The molecular weight excluding hydrogens is 409 g/mol. The molecule has 0 aliphatic rings. The van der Waals surface area contributed by atoms with Crippen LogP contribution in [0, 0.1) is 0 Å². The number of alkyl halides is 1. The fourth-order valence-corrected chi connectivity index (χ4v) is 4.30. The largest absolute Gasteiger partial charge is 0.413 e. The zero-order valence-electron chi connectivity index (χ0n) is 17.3. The van der Waals surface area contributed by atoms with Crippen molar-refractivity contribution in [2.24, 2.45) is 7.05 Å². The Morgan fingerprint density at radius 1 is 1.14 bits per heavy atom. The highest BCUT2D eigenvalue weighted by atomic mass is 35.5. The highest BCUT2D eigenvalue weighted by Gasteiger charge is 2.37. The zero-order valence-corrected chi connectivity index (χ0v) is 19.8. The molecule has 4 nitrogen and oxygen atoms in total. The molecule has 150 valence electrons. The van der Waals surface area contributed by atoms with Gasteiger partial charge < -0.3 is 4.43 Å². The summed E-state index contributed by atoms with van der Waals surface area (Å²) in [4.78, 5) is 0. The van der Waals surface area contributed by atoms with Gasteiger partial charge in [-0.3, -0.25) is 0 Å². The Kier molecular flexibility index (Phi) is 5.93. The minimum absolute atomic E-state index is 0.143. The number of aryl methyl sites for hydroxylation is 1. The molecule has 3 rings (SSSR count). The molecule has 0 saturated carbocycles. The van der Waals surface area contributed by atoms with Crippen molar-refractivity contribution in [3.63, 3.8) is 0 Å². The first-order valence-electron chi connectivity index (χ1n) is 9.35. The maximum atomic E-state index is 6.91. The average Bonchev–Trinajstić information content (AvgIpc) is 2.99. The molecule has 3 aromatic rings. The number of aromatic nitrogens is 3. The SMILES string of the molecule is Cn1nnc2ccc(C(Cl)c3ccc(Cl)cc3CO[Si](C)(C)C(C)(C)C)cc21. The van der Waals surface area contributed by atoms with E-state index in [4.69, 9.17) is 27.6 Å². The molecule has 0 fully saturated rings. The van der Waals surface area contributed by atoms with Crippen molar-refractivity contribution in [1.29, 1.82) is 0 Å². The van der Waals surface area contributed by atoms with Gasteiger partial charge in [-0.2, -0.15) is 0 Å². The van der Waals surface area contributed by atoms with Crippen LogP contribution < -0.4 is 0 Å². The number of halogens is 2. The van der Waals surface area contributed by atoms with Crippen molar-refractivity contribution in [2.45, 2.75) is 50.9 Å². The first kappa shape index (κ1) is 21.3. The Balaban J connectivity index is 1.93. The topological polar surface area (TPSA) is 39.9 Å². The molecule has 1 unspecified atom stereocenters. The van der Waals surface area contributed by atoms with Crippen LogP contribution in [0.15, 0.2) is 36.4 Å². The molecular formula is C21H27Cl2N3OSi. The normalized spacial score (nSPS) is 13.9. The van der Waals surface area contributed by atoms with Gasteiger partial charge in [0.15, 0.2) is 8.32 Å². The van der Waals surface area contributed by atoms with Gasteiger partial charge in [-0.1, -0.05) is 49.7 Å². The van der Waals surface area contributed by atoms with E-state index < -0.39 is 8.32 Å². The predicted molar refractivity (Wildman–Crippen MR) is 120 cm³/mol. The number of rotatable bonds is 5. The molecule has 0 amide bonds. The lowest BCUT2D eigenvalue weighted by Crippen LogP contribution is -2.40. The van der Waals surface area contributed by atoms with Crippen LogP contribution >= 0.6 is 23.2 Å². The average molecular weight is 436 g/mol. The van der Waals surface area contributed by atoms with E-state index in [1.54, 1.807) is 4.68 Å². The molecule has 0 aliphatic carbocycles. The quantitative estimate of drug-likeness (QED) is 0.340. The van der Waals surface area contributed by atoms with Crippen LogP contribution in [0.25, 0.3) is 11.0 Å². The van der Waals surface area contributed by atoms with Gasteiger partial charge in [0.25, 0.3) is 0 Å². The number of nitrogens with zero attached hydrogens (tertiary/aromatic N) is 3. The van der Waals surface area contributed by atoms with Crippen LogP contribution in [0.1, 0.15) is 42.8 Å². The van der Waals surface area contributed by atoms with Gasteiger partial charge in [0.1, 0.15) is 5.52 Å². The van der Waals surface area contributed by atoms with Crippen LogP contribution in [0.2, 0.25) is 23.2 Å². The van der Waals surface area contributed by atoms with Gasteiger partial charge >= 0.3 is 0 Å². The van der Waals surface area contributed by atoms with Crippen molar-refractivity contribution in [3.05, 3.63) is 58.1 Å². The molecule has 28 heavy (non-hydrogen) atoms. The summed E-state index contributed by atoms with van der Waals surface area (Å²) >= 11 is 13.2. The molecule has 7 heteroatoms. The second-order valence-electron chi connectivity index (χ2n) is 8.72. The van der Waals surface area contributed by atoms with E-state index in [1.165, 1.54) is 0 Å². The molecule has 1 heterocycles. The van der Waals surface area contributed by atoms with Gasteiger partial charge in [0.05, 0.1) is 17.5 Å². The minimum Gasteiger partial charge on any atom is -0.413 e. The lowest BCUT2D eigenvalue weighted by atomic mass is 9.99. The van der Waals surface area contributed by atoms with Crippen LogP contribution in [-0.2, 0) is 18.1 Å². The molecule has 0 radical (unpaired) electrons. The van der Waals surface area contributed by atoms with Crippen LogP contribution in [0.4, 0.5) is 0 Å². The Morgan fingerprint density at radius 3 is 2.54 bits per heavy atom. The number of fused-ring (bicyclic) bond motifs is 1.